The molecule has 1 rings (SSSR count). The number of rotatable bonds is 7. The van der Waals surface area contributed by atoms with E-state index in [1.165, 1.54) is 5.56 Å². The molecule has 3 heteroatoms. The van der Waals surface area contributed by atoms with Crippen molar-refractivity contribution < 1.29 is 4.79 Å². The van der Waals surface area contributed by atoms with Gasteiger partial charge in [-0.2, -0.15) is 0 Å². The Labute approximate surface area is 103 Å². The van der Waals surface area contributed by atoms with Gasteiger partial charge < -0.3 is 5.73 Å². The van der Waals surface area contributed by atoms with Crippen LogP contribution in [0.2, 0.25) is 0 Å². The molecule has 1 aromatic rings. The molecule has 0 aliphatic rings. The first-order valence-corrected chi connectivity index (χ1v) is 6.31. The van der Waals surface area contributed by atoms with Crippen LogP contribution in [0.15, 0.2) is 18.3 Å². The largest absolute Gasteiger partial charge is 0.330 e. The number of hydrogen-bond acceptors (Lipinski definition) is 3. The van der Waals surface area contributed by atoms with E-state index in [-0.39, 0.29) is 5.78 Å². The predicted molar refractivity (Wildman–Crippen MR) is 69.8 cm³/mol. The fourth-order valence-corrected chi connectivity index (χ4v) is 1.58. The lowest BCUT2D eigenvalue weighted by atomic mass is 10.0. The standard InChI is InChI=1S/C14H22N2O/c1-3-12-5-6-13(16-10-12)8-14(17)7-4-11(2)9-15/h5-6,10-11H,3-4,7-9,15H2,1-2H3. The third-order valence-electron chi connectivity index (χ3n) is 2.99. The maximum Gasteiger partial charge on any atom is 0.138 e. The molecule has 1 atom stereocenters. The lowest BCUT2D eigenvalue weighted by Gasteiger charge is -2.07. The first-order valence-electron chi connectivity index (χ1n) is 6.31. The van der Waals surface area contributed by atoms with Gasteiger partial charge in [0.25, 0.3) is 0 Å². The van der Waals surface area contributed by atoms with Gasteiger partial charge in [-0.05, 0) is 36.9 Å². The molecule has 0 saturated heterocycles. The highest BCUT2D eigenvalue weighted by atomic mass is 16.1. The Hall–Kier alpha value is -1.22. The molecule has 2 N–H and O–H groups in total. The number of aromatic nitrogens is 1. The number of pyridine rings is 1. The quantitative estimate of drug-likeness (QED) is 0.786. The molecule has 0 aliphatic carbocycles. The lowest BCUT2D eigenvalue weighted by molar-refractivity contribution is -0.118. The van der Waals surface area contributed by atoms with Gasteiger partial charge in [0.1, 0.15) is 5.78 Å². The molecule has 0 aromatic carbocycles. The average Bonchev–Trinajstić information content (AvgIpc) is 2.36. The van der Waals surface area contributed by atoms with Gasteiger partial charge in [0.05, 0.1) is 0 Å². The van der Waals surface area contributed by atoms with Gasteiger partial charge >= 0.3 is 0 Å². The highest BCUT2D eigenvalue weighted by molar-refractivity contribution is 5.80. The number of Topliss-reactive ketones (excluding diaryl/α,β-unsaturated/α-hetero) is 1. The fourth-order valence-electron chi connectivity index (χ4n) is 1.58. The van der Waals surface area contributed by atoms with Crippen molar-refractivity contribution >= 4 is 5.78 Å². The first-order chi connectivity index (χ1) is 8.15. The van der Waals surface area contributed by atoms with Crippen molar-refractivity contribution in [2.75, 3.05) is 6.54 Å². The smallest absolute Gasteiger partial charge is 0.138 e. The van der Waals surface area contributed by atoms with Crippen molar-refractivity contribution in [1.82, 2.24) is 4.98 Å². The van der Waals surface area contributed by atoms with Crippen LogP contribution in [0.4, 0.5) is 0 Å². The molecule has 3 nitrogen and oxygen atoms in total. The van der Waals surface area contributed by atoms with Crippen molar-refractivity contribution in [2.24, 2.45) is 11.7 Å². The van der Waals surface area contributed by atoms with Crippen LogP contribution >= 0.6 is 0 Å². The van der Waals surface area contributed by atoms with Gasteiger partial charge in [-0.25, -0.2) is 0 Å². The van der Waals surface area contributed by atoms with Crippen LogP contribution in [0, 0.1) is 5.92 Å². The zero-order valence-corrected chi connectivity index (χ0v) is 10.8. The molecular weight excluding hydrogens is 212 g/mol. The van der Waals surface area contributed by atoms with Crippen molar-refractivity contribution in [3.05, 3.63) is 29.6 Å². The van der Waals surface area contributed by atoms with Crippen LogP contribution in [-0.2, 0) is 17.6 Å². The van der Waals surface area contributed by atoms with E-state index in [4.69, 9.17) is 5.73 Å². The molecule has 0 bridgehead atoms. The predicted octanol–water partition coefficient (Wildman–Crippen LogP) is 2.13. The van der Waals surface area contributed by atoms with Crippen LogP contribution in [0.5, 0.6) is 0 Å². The SMILES string of the molecule is CCc1ccc(CC(=O)CCC(C)CN)nc1. The third kappa shape index (κ3) is 5.09. The van der Waals surface area contributed by atoms with E-state index in [1.807, 2.05) is 18.3 Å². The van der Waals surface area contributed by atoms with Crippen molar-refractivity contribution in [3.8, 4) is 0 Å². The molecule has 17 heavy (non-hydrogen) atoms. The van der Waals surface area contributed by atoms with Gasteiger partial charge in [0, 0.05) is 24.7 Å². The molecule has 0 radical (unpaired) electrons. The van der Waals surface area contributed by atoms with E-state index < -0.39 is 0 Å². The second kappa shape index (κ2) is 7.17. The summed E-state index contributed by atoms with van der Waals surface area (Å²) in [4.78, 5) is 16.0. The van der Waals surface area contributed by atoms with Gasteiger partial charge in [0.15, 0.2) is 0 Å². The Bertz CT molecular complexity index is 346. The number of nitrogens with two attached hydrogens (primary N) is 1. The van der Waals surface area contributed by atoms with Gasteiger partial charge in [-0.15, -0.1) is 0 Å². The highest BCUT2D eigenvalue weighted by Crippen LogP contribution is 2.07. The summed E-state index contributed by atoms with van der Waals surface area (Å²) in [7, 11) is 0. The highest BCUT2D eigenvalue weighted by Gasteiger charge is 2.07. The zero-order chi connectivity index (χ0) is 12.7. The summed E-state index contributed by atoms with van der Waals surface area (Å²) in [5.41, 5.74) is 7.59. The van der Waals surface area contributed by atoms with Crippen LogP contribution in [-0.4, -0.2) is 17.3 Å². The molecule has 0 fully saturated rings. The Morgan fingerprint density at radius 1 is 1.47 bits per heavy atom. The molecular formula is C14H22N2O. The normalized spacial score (nSPS) is 12.4. The topological polar surface area (TPSA) is 56.0 Å². The third-order valence-corrected chi connectivity index (χ3v) is 2.99. The minimum atomic E-state index is 0.252. The average molecular weight is 234 g/mol. The summed E-state index contributed by atoms with van der Waals surface area (Å²) in [5, 5.41) is 0. The number of carbonyl (C=O) groups excluding carboxylic acids is 1. The monoisotopic (exact) mass is 234 g/mol. The van der Waals surface area contributed by atoms with Crippen molar-refractivity contribution in [3.63, 3.8) is 0 Å². The van der Waals surface area contributed by atoms with E-state index in [0.29, 0.717) is 25.3 Å². The fraction of sp³-hybridized carbons (Fsp3) is 0.571. The van der Waals surface area contributed by atoms with Gasteiger partial charge in [-0.3, -0.25) is 9.78 Å². The van der Waals surface area contributed by atoms with Gasteiger partial charge in [-0.1, -0.05) is 19.9 Å². The number of carbonyl (C=O) groups is 1. The van der Waals surface area contributed by atoms with E-state index in [2.05, 4.69) is 18.8 Å². The zero-order valence-electron chi connectivity index (χ0n) is 10.8. The summed E-state index contributed by atoms with van der Waals surface area (Å²) in [6.45, 7) is 4.81. The maximum absolute atomic E-state index is 11.7. The number of nitrogens with zero attached hydrogens (tertiary/aromatic N) is 1. The Morgan fingerprint density at radius 3 is 2.76 bits per heavy atom. The van der Waals surface area contributed by atoms with Crippen LogP contribution < -0.4 is 5.73 Å². The van der Waals surface area contributed by atoms with Crippen molar-refractivity contribution in [1.29, 1.82) is 0 Å². The summed E-state index contributed by atoms with van der Waals surface area (Å²) in [5.74, 6) is 0.677. The molecule has 94 valence electrons. The Morgan fingerprint density at radius 2 is 2.24 bits per heavy atom. The van der Waals surface area contributed by atoms with Crippen molar-refractivity contribution in [2.45, 2.75) is 39.5 Å². The Balaban J connectivity index is 2.39. The lowest BCUT2D eigenvalue weighted by Crippen LogP contribution is -2.13. The molecule has 1 unspecified atom stereocenters. The Kier molecular flexibility index (Phi) is 5.84. The summed E-state index contributed by atoms with van der Waals surface area (Å²) >= 11 is 0. The van der Waals surface area contributed by atoms with Gasteiger partial charge in [0.2, 0.25) is 0 Å². The molecule has 0 spiro atoms. The van der Waals surface area contributed by atoms with E-state index in [9.17, 15) is 4.79 Å². The molecule has 1 aromatic heterocycles. The summed E-state index contributed by atoms with van der Waals surface area (Å²) in [6.07, 6.45) is 4.76. The first kappa shape index (κ1) is 13.8. The van der Waals surface area contributed by atoms with E-state index >= 15 is 0 Å². The van der Waals surface area contributed by atoms with E-state index in [0.717, 1.165) is 18.5 Å². The van der Waals surface area contributed by atoms with Crippen LogP contribution in [0.3, 0.4) is 0 Å². The van der Waals surface area contributed by atoms with Crippen LogP contribution in [0.25, 0.3) is 0 Å². The minimum Gasteiger partial charge on any atom is -0.330 e. The van der Waals surface area contributed by atoms with E-state index in [1.54, 1.807) is 0 Å². The number of ketones is 1. The molecule has 1 heterocycles. The number of hydrogen-bond donors (Lipinski definition) is 1. The van der Waals surface area contributed by atoms with Crippen LogP contribution in [0.1, 0.15) is 37.9 Å². The molecule has 0 amide bonds. The number of aryl methyl sites for hydroxylation is 1. The minimum absolute atomic E-state index is 0.252. The summed E-state index contributed by atoms with van der Waals surface area (Å²) in [6, 6.07) is 3.99. The summed E-state index contributed by atoms with van der Waals surface area (Å²) < 4.78 is 0. The second-order valence-electron chi connectivity index (χ2n) is 4.61. The second-order valence-corrected chi connectivity index (χ2v) is 4.61. The maximum atomic E-state index is 11.7. The molecule has 0 saturated carbocycles. The molecule has 0 aliphatic heterocycles.